The Morgan fingerprint density at radius 2 is 2.17 bits per heavy atom. The molecule has 0 bridgehead atoms. The summed E-state index contributed by atoms with van der Waals surface area (Å²) < 4.78 is 0.794. The monoisotopic (exact) mass is 228 g/mol. The van der Waals surface area contributed by atoms with Crippen LogP contribution in [0.25, 0.3) is 0 Å². The van der Waals surface area contributed by atoms with E-state index in [0.717, 1.165) is 21.1 Å². The van der Waals surface area contributed by atoms with Crippen LogP contribution in [0.3, 0.4) is 0 Å². The minimum atomic E-state index is 0.358. The van der Waals surface area contributed by atoms with Gasteiger partial charge in [0.05, 0.1) is 0 Å². The van der Waals surface area contributed by atoms with Crippen molar-refractivity contribution in [2.75, 3.05) is 5.73 Å². The molecule has 0 saturated carbocycles. The van der Waals surface area contributed by atoms with Gasteiger partial charge in [0.15, 0.2) is 0 Å². The van der Waals surface area contributed by atoms with Crippen molar-refractivity contribution in [1.29, 1.82) is 0 Å². The summed E-state index contributed by atoms with van der Waals surface area (Å²) in [5, 5.41) is 12.2. The third kappa shape index (κ3) is 1.42. The maximum atomic E-state index is 11.3. The third-order valence-corrected chi connectivity index (χ3v) is 2.81. The zero-order valence-corrected chi connectivity index (χ0v) is 9.72. The number of aryl methyl sites for hydroxylation is 2. The van der Waals surface area contributed by atoms with Gasteiger partial charge in [0.1, 0.15) is 0 Å². The predicted molar refractivity (Wildman–Crippen MR) is 51.5 cm³/mol. The Bertz CT molecular complexity index is 312. The van der Waals surface area contributed by atoms with Gasteiger partial charge in [0.2, 0.25) is 0 Å². The van der Waals surface area contributed by atoms with E-state index in [1.54, 1.807) is 23.8 Å². The van der Waals surface area contributed by atoms with Gasteiger partial charge >= 0.3 is 80.3 Å². The van der Waals surface area contributed by atoms with Gasteiger partial charge in [-0.15, -0.1) is 0 Å². The molecule has 1 unspecified atom stereocenters. The van der Waals surface area contributed by atoms with Crippen LogP contribution in [0.2, 0.25) is 0 Å². The van der Waals surface area contributed by atoms with Crippen LogP contribution in [0.5, 0.6) is 0 Å². The fraction of sp³-hybridized carbons (Fsp3) is 0.375. The fourth-order valence-electron chi connectivity index (χ4n) is 1.24. The van der Waals surface area contributed by atoms with Gasteiger partial charge in [-0.1, -0.05) is 0 Å². The molecule has 0 aromatic carbocycles. The van der Waals surface area contributed by atoms with Crippen molar-refractivity contribution in [3.05, 3.63) is 28.1 Å². The van der Waals surface area contributed by atoms with Crippen LogP contribution in [0.15, 0.2) is 6.07 Å². The molecule has 0 radical (unpaired) electrons. The molecule has 0 amide bonds. The molecule has 1 heterocycles. The van der Waals surface area contributed by atoms with Gasteiger partial charge < -0.3 is 0 Å². The first-order chi connectivity index (χ1) is 5.57. The third-order valence-electron chi connectivity index (χ3n) is 1.95. The summed E-state index contributed by atoms with van der Waals surface area (Å²) >= 11 is 1.56. The topological polar surface area (TPSA) is 53.0 Å². The normalized spacial score (nSPS) is 10.2. The molecule has 1 aromatic heterocycles. The van der Waals surface area contributed by atoms with Crippen LogP contribution >= 0.6 is 0 Å². The van der Waals surface area contributed by atoms with E-state index in [1.165, 1.54) is 0 Å². The molecule has 4 heteroatoms. The molecular weight excluding hydrogens is 215 g/mol. The van der Waals surface area contributed by atoms with E-state index in [-0.39, 0.29) is 0 Å². The Balaban J connectivity index is 3.40. The molecule has 0 spiro atoms. The first kappa shape index (κ1) is 9.40. The predicted octanol–water partition coefficient (Wildman–Crippen LogP) is -0.348. The van der Waals surface area contributed by atoms with Gasteiger partial charge in [-0.3, -0.25) is 0 Å². The van der Waals surface area contributed by atoms with Crippen LogP contribution in [0.4, 0.5) is 5.82 Å². The second kappa shape index (κ2) is 3.36. The summed E-state index contributed by atoms with van der Waals surface area (Å²) in [6.07, 6.45) is 0. The summed E-state index contributed by atoms with van der Waals surface area (Å²) in [4.78, 5) is 0. The van der Waals surface area contributed by atoms with Gasteiger partial charge in [0, 0.05) is 0 Å². The molecule has 1 atom stereocenters. The van der Waals surface area contributed by atoms with Crippen molar-refractivity contribution in [3.8, 4) is 0 Å². The molecule has 0 aliphatic carbocycles. The molecule has 66 valence electrons. The standard InChI is InChI=1S/C8H13AsN2O/c1-5-3-6(2)11(12)8(10)7(5)4-9/h3H,4,9-10H2,1-2H3. The molecule has 1 aromatic rings. The summed E-state index contributed by atoms with van der Waals surface area (Å²) in [6.45, 7) is 3.75. The van der Waals surface area contributed by atoms with Crippen LogP contribution in [-0.4, -0.2) is 16.9 Å². The number of hydrogen-bond acceptors (Lipinski definition) is 2. The summed E-state index contributed by atoms with van der Waals surface area (Å²) in [7, 11) is 0. The van der Waals surface area contributed by atoms with E-state index < -0.39 is 0 Å². The van der Waals surface area contributed by atoms with Crippen molar-refractivity contribution in [1.82, 2.24) is 0 Å². The van der Waals surface area contributed by atoms with Crippen LogP contribution in [0.1, 0.15) is 16.8 Å². The van der Waals surface area contributed by atoms with Crippen molar-refractivity contribution in [2.45, 2.75) is 19.1 Å². The molecule has 3 nitrogen and oxygen atoms in total. The average Bonchev–Trinajstić information content (AvgIpc) is 2.01. The number of pyridine rings is 1. The Morgan fingerprint density at radius 1 is 1.58 bits per heavy atom. The van der Waals surface area contributed by atoms with E-state index >= 15 is 0 Å². The van der Waals surface area contributed by atoms with E-state index in [4.69, 9.17) is 5.73 Å². The molecule has 12 heavy (non-hydrogen) atoms. The van der Waals surface area contributed by atoms with Crippen molar-refractivity contribution in [3.63, 3.8) is 0 Å². The van der Waals surface area contributed by atoms with E-state index in [9.17, 15) is 5.21 Å². The van der Waals surface area contributed by atoms with Crippen LogP contribution < -0.4 is 10.5 Å². The quantitative estimate of drug-likeness (QED) is 0.406. The molecule has 0 fully saturated rings. The number of aromatic nitrogens is 1. The van der Waals surface area contributed by atoms with Gasteiger partial charge in [-0.2, -0.15) is 0 Å². The Hall–Kier alpha value is -0.692. The Labute approximate surface area is 80.7 Å². The first-order valence-electron chi connectivity index (χ1n) is 3.76. The Morgan fingerprint density at radius 3 is 2.67 bits per heavy atom. The van der Waals surface area contributed by atoms with Gasteiger partial charge in [-0.05, 0) is 0 Å². The zero-order valence-electron chi connectivity index (χ0n) is 7.29. The number of nitrogens with zero attached hydrogens (tertiary/aromatic N) is 1. The number of nitrogens with two attached hydrogens (primary N) is 1. The van der Waals surface area contributed by atoms with E-state index in [2.05, 4.69) is 0 Å². The number of anilines is 1. The molecule has 0 aliphatic rings. The van der Waals surface area contributed by atoms with E-state index in [0.29, 0.717) is 11.5 Å². The first-order valence-corrected chi connectivity index (χ1v) is 5.47. The molecule has 0 aliphatic heterocycles. The second-order valence-corrected chi connectivity index (χ2v) is 3.69. The molecular formula is C8H13AsN2O. The van der Waals surface area contributed by atoms with Crippen LogP contribution in [0, 0.1) is 19.1 Å². The summed E-state index contributed by atoms with van der Waals surface area (Å²) in [5.41, 5.74) is 8.41. The van der Waals surface area contributed by atoms with Crippen molar-refractivity contribution >= 4 is 22.7 Å². The van der Waals surface area contributed by atoms with Crippen LogP contribution in [-0.2, 0) is 5.21 Å². The number of rotatable bonds is 1. The summed E-state index contributed by atoms with van der Waals surface area (Å²) in [6, 6.07) is 1.87. The maximum absolute atomic E-state index is 11.3. The molecule has 2 N–H and O–H groups in total. The Kier molecular flexibility index (Phi) is 2.63. The molecule has 1 rings (SSSR count). The van der Waals surface area contributed by atoms with Gasteiger partial charge in [-0.25, -0.2) is 0 Å². The van der Waals surface area contributed by atoms with Gasteiger partial charge in [0.25, 0.3) is 0 Å². The van der Waals surface area contributed by atoms with Crippen molar-refractivity contribution in [2.24, 2.45) is 0 Å². The molecule has 0 saturated heterocycles. The summed E-state index contributed by atoms with van der Waals surface area (Å²) in [5.74, 6) is 0.358. The SMILES string of the molecule is Cc1cc(C)[n+]([O-])c(N)c1C[AsH2]. The minimum absolute atomic E-state index is 0.358. The fourth-order valence-corrected chi connectivity index (χ4v) is 2.35. The average molecular weight is 228 g/mol. The number of hydrogen-bond donors (Lipinski definition) is 1. The zero-order chi connectivity index (χ0) is 9.30. The van der Waals surface area contributed by atoms with E-state index in [1.807, 2.05) is 13.0 Å². The second-order valence-electron chi connectivity index (χ2n) is 2.83. The van der Waals surface area contributed by atoms with Crippen molar-refractivity contribution < 1.29 is 4.73 Å². The number of nitrogen functional groups attached to an aromatic ring is 1.